The number of aromatic nitrogens is 3. The Morgan fingerprint density at radius 2 is 2.43 bits per heavy atom. The van der Waals surface area contributed by atoms with Gasteiger partial charge >= 0.3 is 5.97 Å². The zero-order valence-corrected chi connectivity index (χ0v) is 7.92. The average molecular weight is 196 g/mol. The highest BCUT2D eigenvalue weighted by molar-refractivity contribution is 5.71. The van der Waals surface area contributed by atoms with Crippen molar-refractivity contribution in [1.82, 2.24) is 19.9 Å². The number of carbonyl (C=O) groups is 1. The van der Waals surface area contributed by atoms with E-state index < -0.39 is 5.97 Å². The standard InChI is InChI=1S/C8H12N4O2/c1-11-4-7(9-10-11)5-12-2-6(3-12)8(13)14/h4,6H,2-3,5H2,1H3,(H,13,14). The van der Waals surface area contributed by atoms with Crippen LogP contribution in [0.1, 0.15) is 5.69 Å². The minimum atomic E-state index is -0.708. The summed E-state index contributed by atoms with van der Waals surface area (Å²) in [5.74, 6) is -0.910. The Hall–Kier alpha value is -1.43. The Morgan fingerprint density at radius 1 is 1.71 bits per heavy atom. The summed E-state index contributed by atoms with van der Waals surface area (Å²) in [7, 11) is 1.81. The van der Waals surface area contributed by atoms with E-state index in [9.17, 15) is 4.79 Å². The smallest absolute Gasteiger partial charge is 0.309 e. The predicted octanol–water partition coefficient (Wildman–Crippen LogP) is -0.669. The van der Waals surface area contributed by atoms with Crippen LogP contribution in [-0.4, -0.2) is 44.1 Å². The van der Waals surface area contributed by atoms with E-state index in [4.69, 9.17) is 5.11 Å². The third-order valence-corrected chi connectivity index (χ3v) is 2.34. The molecule has 1 fully saturated rings. The number of hydrogen-bond donors (Lipinski definition) is 1. The largest absolute Gasteiger partial charge is 0.481 e. The van der Waals surface area contributed by atoms with E-state index in [1.165, 1.54) is 0 Å². The maximum atomic E-state index is 10.5. The maximum absolute atomic E-state index is 10.5. The van der Waals surface area contributed by atoms with Gasteiger partial charge in [0.15, 0.2) is 0 Å². The average Bonchev–Trinajstić information content (AvgIpc) is 2.42. The van der Waals surface area contributed by atoms with Gasteiger partial charge in [-0.25, -0.2) is 0 Å². The summed E-state index contributed by atoms with van der Waals surface area (Å²) < 4.78 is 1.64. The summed E-state index contributed by atoms with van der Waals surface area (Å²) in [6, 6.07) is 0. The van der Waals surface area contributed by atoms with Gasteiger partial charge in [-0.1, -0.05) is 5.21 Å². The Labute approximate surface area is 81.1 Å². The minimum Gasteiger partial charge on any atom is -0.481 e. The molecule has 6 nitrogen and oxygen atoms in total. The molecule has 0 amide bonds. The molecule has 1 N–H and O–H groups in total. The van der Waals surface area contributed by atoms with Gasteiger partial charge in [-0.2, -0.15) is 0 Å². The Balaban J connectivity index is 1.82. The maximum Gasteiger partial charge on any atom is 0.309 e. The fourth-order valence-electron chi connectivity index (χ4n) is 1.55. The number of rotatable bonds is 3. The van der Waals surface area contributed by atoms with Gasteiger partial charge in [-0.3, -0.25) is 14.4 Å². The van der Waals surface area contributed by atoms with Gasteiger partial charge in [0.25, 0.3) is 0 Å². The van der Waals surface area contributed by atoms with Gasteiger partial charge < -0.3 is 5.11 Å². The molecule has 0 saturated carbocycles. The summed E-state index contributed by atoms with van der Waals surface area (Å²) in [4.78, 5) is 12.6. The van der Waals surface area contributed by atoms with Crippen LogP contribution in [0, 0.1) is 5.92 Å². The van der Waals surface area contributed by atoms with E-state index in [1.807, 2.05) is 18.1 Å². The van der Waals surface area contributed by atoms with Crippen molar-refractivity contribution in [3.63, 3.8) is 0 Å². The third-order valence-electron chi connectivity index (χ3n) is 2.34. The second kappa shape index (κ2) is 3.38. The molecule has 0 unspecified atom stereocenters. The molecule has 2 heterocycles. The molecule has 14 heavy (non-hydrogen) atoms. The molecule has 0 aliphatic carbocycles. The lowest BCUT2D eigenvalue weighted by Gasteiger charge is -2.35. The molecule has 1 aliphatic rings. The Morgan fingerprint density at radius 3 is 2.93 bits per heavy atom. The molecule has 6 heteroatoms. The minimum absolute atomic E-state index is 0.202. The predicted molar refractivity (Wildman–Crippen MR) is 47.4 cm³/mol. The lowest BCUT2D eigenvalue weighted by molar-refractivity contribution is -0.147. The highest BCUT2D eigenvalue weighted by Crippen LogP contribution is 2.17. The number of carboxylic acid groups (broad SMARTS) is 1. The normalized spacial score (nSPS) is 18.1. The molecule has 0 radical (unpaired) electrons. The number of nitrogens with zero attached hydrogens (tertiary/aromatic N) is 4. The van der Waals surface area contributed by atoms with Crippen molar-refractivity contribution in [1.29, 1.82) is 0 Å². The van der Waals surface area contributed by atoms with Crippen LogP contribution in [0.25, 0.3) is 0 Å². The van der Waals surface area contributed by atoms with Gasteiger partial charge in [0.05, 0.1) is 11.6 Å². The van der Waals surface area contributed by atoms with Crippen LogP contribution in [0.5, 0.6) is 0 Å². The first-order valence-corrected chi connectivity index (χ1v) is 4.45. The number of hydrogen-bond acceptors (Lipinski definition) is 4. The monoisotopic (exact) mass is 196 g/mol. The first-order valence-electron chi connectivity index (χ1n) is 4.45. The molecule has 1 saturated heterocycles. The van der Waals surface area contributed by atoms with E-state index in [1.54, 1.807) is 4.68 Å². The highest BCUT2D eigenvalue weighted by Gasteiger charge is 2.32. The summed E-state index contributed by atoms with van der Waals surface area (Å²) in [5.41, 5.74) is 0.885. The molecule has 0 atom stereocenters. The summed E-state index contributed by atoms with van der Waals surface area (Å²) in [6.45, 7) is 1.93. The third kappa shape index (κ3) is 1.74. The van der Waals surface area contributed by atoms with Gasteiger partial charge in [0, 0.05) is 32.9 Å². The summed E-state index contributed by atoms with van der Waals surface area (Å²) in [5, 5.41) is 16.4. The van der Waals surface area contributed by atoms with E-state index in [-0.39, 0.29) is 5.92 Å². The van der Waals surface area contributed by atoms with E-state index in [0.717, 1.165) is 5.69 Å². The molecule has 0 spiro atoms. The van der Waals surface area contributed by atoms with Crippen LogP contribution >= 0.6 is 0 Å². The van der Waals surface area contributed by atoms with Crippen molar-refractivity contribution < 1.29 is 9.90 Å². The number of carboxylic acids is 1. The summed E-state index contributed by atoms with van der Waals surface area (Å²) >= 11 is 0. The lowest BCUT2D eigenvalue weighted by Crippen LogP contribution is -2.49. The van der Waals surface area contributed by atoms with Crippen molar-refractivity contribution >= 4 is 5.97 Å². The topological polar surface area (TPSA) is 71.2 Å². The van der Waals surface area contributed by atoms with E-state index >= 15 is 0 Å². The van der Waals surface area contributed by atoms with Crippen LogP contribution in [0.3, 0.4) is 0 Å². The fourth-order valence-corrected chi connectivity index (χ4v) is 1.55. The molecular weight excluding hydrogens is 184 g/mol. The van der Waals surface area contributed by atoms with Crippen molar-refractivity contribution in [2.45, 2.75) is 6.54 Å². The van der Waals surface area contributed by atoms with Crippen LogP contribution in [0.15, 0.2) is 6.20 Å². The molecule has 0 aromatic carbocycles. The quantitative estimate of drug-likeness (QED) is 0.694. The Kier molecular flexibility index (Phi) is 2.20. The fraction of sp³-hybridized carbons (Fsp3) is 0.625. The first-order chi connectivity index (χ1) is 6.65. The van der Waals surface area contributed by atoms with Crippen molar-refractivity contribution in [2.75, 3.05) is 13.1 Å². The van der Waals surface area contributed by atoms with Gasteiger partial charge in [-0.05, 0) is 0 Å². The van der Waals surface area contributed by atoms with Crippen LogP contribution < -0.4 is 0 Å². The number of likely N-dealkylation sites (tertiary alicyclic amines) is 1. The number of aryl methyl sites for hydroxylation is 1. The van der Waals surface area contributed by atoms with Crippen molar-refractivity contribution in [3.8, 4) is 0 Å². The van der Waals surface area contributed by atoms with Crippen molar-refractivity contribution in [3.05, 3.63) is 11.9 Å². The Bertz CT molecular complexity index is 343. The van der Waals surface area contributed by atoms with Gasteiger partial charge in [0.2, 0.25) is 0 Å². The second-order valence-corrected chi connectivity index (χ2v) is 3.61. The molecule has 76 valence electrons. The SMILES string of the molecule is Cn1cc(CN2CC(C(=O)O)C2)nn1. The lowest BCUT2D eigenvalue weighted by atomic mass is 10.0. The molecule has 1 aliphatic heterocycles. The number of aliphatic carboxylic acids is 1. The zero-order valence-electron chi connectivity index (χ0n) is 7.92. The van der Waals surface area contributed by atoms with Gasteiger partial charge in [0.1, 0.15) is 0 Å². The first kappa shape index (κ1) is 9.14. The van der Waals surface area contributed by atoms with Gasteiger partial charge in [-0.15, -0.1) is 5.10 Å². The zero-order chi connectivity index (χ0) is 10.1. The van der Waals surface area contributed by atoms with Crippen molar-refractivity contribution in [2.24, 2.45) is 13.0 Å². The van der Waals surface area contributed by atoms with Crippen LogP contribution in [0.2, 0.25) is 0 Å². The highest BCUT2D eigenvalue weighted by atomic mass is 16.4. The van der Waals surface area contributed by atoms with Crippen LogP contribution in [-0.2, 0) is 18.4 Å². The van der Waals surface area contributed by atoms with E-state index in [0.29, 0.717) is 19.6 Å². The van der Waals surface area contributed by atoms with E-state index in [2.05, 4.69) is 10.3 Å². The molecule has 1 aromatic heterocycles. The van der Waals surface area contributed by atoms with Crippen LogP contribution in [0.4, 0.5) is 0 Å². The molecule has 1 aromatic rings. The summed E-state index contributed by atoms with van der Waals surface area (Å²) in [6.07, 6.45) is 1.84. The molecule has 2 rings (SSSR count). The molecule has 0 bridgehead atoms. The second-order valence-electron chi connectivity index (χ2n) is 3.61. The molecular formula is C8H12N4O2.